The van der Waals surface area contributed by atoms with Gasteiger partial charge in [0.05, 0.1) is 18.2 Å². The lowest BCUT2D eigenvalue weighted by Gasteiger charge is -2.29. The van der Waals surface area contributed by atoms with Crippen LogP contribution >= 0.6 is 0 Å². The summed E-state index contributed by atoms with van der Waals surface area (Å²) >= 11 is 0. The van der Waals surface area contributed by atoms with Crippen molar-refractivity contribution in [3.8, 4) is 6.07 Å². The molecule has 2 aromatic rings. The van der Waals surface area contributed by atoms with Crippen LogP contribution in [0.3, 0.4) is 0 Å². The predicted molar refractivity (Wildman–Crippen MR) is 102 cm³/mol. The van der Waals surface area contributed by atoms with Crippen LogP contribution < -0.4 is 0 Å². The first-order valence-electron chi connectivity index (χ1n) is 9.52. The van der Waals surface area contributed by atoms with Crippen molar-refractivity contribution >= 4 is 0 Å². The van der Waals surface area contributed by atoms with Gasteiger partial charge >= 0.3 is 0 Å². The minimum absolute atomic E-state index is 0.0966. The van der Waals surface area contributed by atoms with E-state index in [1.165, 1.54) is 12.1 Å². The summed E-state index contributed by atoms with van der Waals surface area (Å²) in [4.78, 5) is 6.56. The van der Waals surface area contributed by atoms with Crippen LogP contribution in [0.4, 0.5) is 4.39 Å². The fraction of sp³-hybridized carbons (Fsp3) is 0.455. The summed E-state index contributed by atoms with van der Waals surface area (Å²) in [5, 5.41) is 9.30. The summed E-state index contributed by atoms with van der Waals surface area (Å²) in [5.41, 5.74) is 2.92. The zero-order chi connectivity index (χ0) is 19.1. The number of nitrogens with zero attached hydrogens (tertiary/aromatic N) is 3. The van der Waals surface area contributed by atoms with Crippen LogP contribution in [0.15, 0.2) is 42.7 Å². The first-order valence-corrected chi connectivity index (χ1v) is 9.52. The Bertz CT molecular complexity index is 787. The number of pyridine rings is 1. The lowest BCUT2D eigenvalue weighted by molar-refractivity contribution is 0.0489. The van der Waals surface area contributed by atoms with E-state index in [-0.39, 0.29) is 11.2 Å². The molecule has 0 saturated carbocycles. The van der Waals surface area contributed by atoms with Crippen LogP contribution in [-0.2, 0) is 17.7 Å². The van der Waals surface area contributed by atoms with Crippen LogP contribution in [0.25, 0.3) is 0 Å². The minimum atomic E-state index is -0.195. The maximum absolute atomic E-state index is 13.1. The van der Waals surface area contributed by atoms with Gasteiger partial charge in [-0.3, -0.25) is 9.88 Å². The summed E-state index contributed by atoms with van der Waals surface area (Å²) in [7, 11) is 0. The van der Waals surface area contributed by atoms with Gasteiger partial charge in [0.25, 0.3) is 0 Å². The average molecular weight is 367 g/mol. The van der Waals surface area contributed by atoms with Crippen molar-refractivity contribution in [2.75, 3.05) is 26.3 Å². The summed E-state index contributed by atoms with van der Waals surface area (Å²) in [6.45, 7) is 6.12. The van der Waals surface area contributed by atoms with Crippen molar-refractivity contribution in [3.63, 3.8) is 0 Å². The van der Waals surface area contributed by atoms with Gasteiger partial charge in [-0.05, 0) is 56.5 Å². The zero-order valence-electron chi connectivity index (χ0n) is 15.8. The SMILES string of the molecule is CCOC[C@]1(CCc2ccc(F)cc2)CCN(Cc2cnccc2C#N)C1. The molecule has 1 aliphatic heterocycles. The molecule has 0 spiro atoms. The minimum Gasteiger partial charge on any atom is -0.381 e. The molecule has 0 bridgehead atoms. The highest BCUT2D eigenvalue weighted by molar-refractivity contribution is 5.34. The van der Waals surface area contributed by atoms with Crippen LogP contribution in [0.1, 0.15) is 36.5 Å². The molecule has 0 unspecified atom stereocenters. The van der Waals surface area contributed by atoms with Gasteiger partial charge < -0.3 is 4.74 Å². The van der Waals surface area contributed by atoms with Crippen LogP contribution in [0, 0.1) is 22.6 Å². The molecule has 142 valence electrons. The Hall–Kier alpha value is -2.29. The third-order valence-corrected chi connectivity index (χ3v) is 5.41. The van der Waals surface area contributed by atoms with E-state index in [9.17, 15) is 9.65 Å². The Labute approximate surface area is 160 Å². The highest BCUT2D eigenvalue weighted by atomic mass is 19.1. The van der Waals surface area contributed by atoms with E-state index in [2.05, 4.69) is 16.0 Å². The number of aryl methyl sites for hydroxylation is 1. The molecule has 5 heteroatoms. The lowest BCUT2D eigenvalue weighted by Crippen LogP contribution is -2.32. The smallest absolute Gasteiger partial charge is 0.123 e. The van der Waals surface area contributed by atoms with Crippen molar-refractivity contribution < 1.29 is 9.13 Å². The van der Waals surface area contributed by atoms with E-state index < -0.39 is 0 Å². The van der Waals surface area contributed by atoms with Gasteiger partial charge in [-0.25, -0.2) is 4.39 Å². The molecule has 1 atom stereocenters. The maximum atomic E-state index is 13.1. The number of rotatable bonds is 8. The first kappa shape index (κ1) is 19.5. The van der Waals surface area contributed by atoms with E-state index in [1.54, 1.807) is 18.5 Å². The van der Waals surface area contributed by atoms with E-state index in [0.29, 0.717) is 12.2 Å². The molecule has 2 heterocycles. The Morgan fingerprint density at radius 1 is 1.30 bits per heavy atom. The third-order valence-electron chi connectivity index (χ3n) is 5.41. The Morgan fingerprint density at radius 2 is 2.11 bits per heavy atom. The van der Waals surface area contributed by atoms with Gasteiger partial charge in [-0.15, -0.1) is 0 Å². The fourth-order valence-electron chi connectivity index (χ4n) is 3.84. The molecule has 0 amide bonds. The number of likely N-dealkylation sites (tertiary alicyclic amines) is 1. The number of ether oxygens (including phenoxy) is 1. The molecular formula is C22H26FN3O. The van der Waals surface area contributed by atoms with Gasteiger partial charge in [0.1, 0.15) is 5.82 Å². The fourth-order valence-corrected chi connectivity index (χ4v) is 3.84. The van der Waals surface area contributed by atoms with Gasteiger partial charge in [0, 0.05) is 43.1 Å². The second kappa shape index (κ2) is 9.07. The monoisotopic (exact) mass is 367 g/mol. The largest absolute Gasteiger partial charge is 0.381 e. The predicted octanol–water partition coefficient (Wildman–Crippen LogP) is 3.95. The molecule has 1 aromatic heterocycles. The lowest BCUT2D eigenvalue weighted by atomic mass is 9.82. The normalized spacial score (nSPS) is 19.9. The maximum Gasteiger partial charge on any atom is 0.123 e. The molecule has 1 saturated heterocycles. The molecule has 0 radical (unpaired) electrons. The topological polar surface area (TPSA) is 49.1 Å². The van der Waals surface area contributed by atoms with Gasteiger partial charge in [0.15, 0.2) is 0 Å². The van der Waals surface area contributed by atoms with Crippen LogP contribution in [-0.4, -0.2) is 36.2 Å². The number of hydrogen-bond acceptors (Lipinski definition) is 4. The van der Waals surface area contributed by atoms with Crippen molar-refractivity contribution in [2.45, 2.75) is 32.7 Å². The van der Waals surface area contributed by atoms with Crippen molar-refractivity contribution in [1.82, 2.24) is 9.88 Å². The highest BCUT2D eigenvalue weighted by Gasteiger charge is 2.38. The summed E-state index contributed by atoms with van der Waals surface area (Å²) in [6.07, 6.45) is 6.44. The average Bonchev–Trinajstić information content (AvgIpc) is 3.09. The second-order valence-electron chi connectivity index (χ2n) is 7.37. The molecule has 1 aliphatic rings. The third kappa shape index (κ3) is 5.12. The highest BCUT2D eigenvalue weighted by Crippen LogP contribution is 2.36. The number of halogens is 1. The Kier molecular flexibility index (Phi) is 6.54. The summed E-state index contributed by atoms with van der Waals surface area (Å²) in [6, 6.07) is 10.8. The first-order chi connectivity index (χ1) is 13.1. The number of hydrogen-bond donors (Lipinski definition) is 0. The molecular weight excluding hydrogens is 341 g/mol. The van der Waals surface area contributed by atoms with E-state index in [0.717, 1.165) is 56.6 Å². The molecule has 1 aromatic carbocycles. The molecule has 1 fully saturated rings. The zero-order valence-corrected chi connectivity index (χ0v) is 15.8. The van der Waals surface area contributed by atoms with E-state index >= 15 is 0 Å². The number of nitriles is 1. The van der Waals surface area contributed by atoms with Crippen molar-refractivity contribution in [3.05, 3.63) is 65.2 Å². The molecule has 0 aliphatic carbocycles. The van der Waals surface area contributed by atoms with E-state index in [4.69, 9.17) is 4.74 Å². The summed E-state index contributed by atoms with van der Waals surface area (Å²) in [5.74, 6) is -0.195. The van der Waals surface area contributed by atoms with Crippen molar-refractivity contribution in [1.29, 1.82) is 5.26 Å². The van der Waals surface area contributed by atoms with Crippen LogP contribution in [0.2, 0.25) is 0 Å². The molecule has 3 rings (SSSR count). The molecule has 4 nitrogen and oxygen atoms in total. The van der Waals surface area contributed by atoms with Crippen molar-refractivity contribution in [2.24, 2.45) is 5.41 Å². The van der Waals surface area contributed by atoms with Crippen LogP contribution in [0.5, 0.6) is 0 Å². The second-order valence-corrected chi connectivity index (χ2v) is 7.37. The van der Waals surface area contributed by atoms with E-state index in [1.807, 2.05) is 19.1 Å². The number of benzene rings is 1. The van der Waals surface area contributed by atoms with Gasteiger partial charge in [-0.1, -0.05) is 12.1 Å². The molecule has 0 N–H and O–H groups in total. The Morgan fingerprint density at radius 3 is 2.85 bits per heavy atom. The number of aromatic nitrogens is 1. The summed E-state index contributed by atoms with van der Waals surface area (Å²) < 4.78 is 19.0. The quantitative estimate of drug-likeness (QED) is 0.709. The van der Waals surface area contributed by atoms with Gasteiger partial charge in [-0.2, -0.15) is 5.26 Å². The Balaban J connectivity index is 1.66. The standard InChI is InChI=1S/C22H26FN3O/c1-2-27-17-22(9-7-18-3-5-21(23)6-4-18)10-12-26(16-22)15-20-14-25-11-8-19(20)13-24/h3-6,8,11,14H,2,7,9-10,12,15-17H2,1H3/t22-/m1/s1. The molecule has 27 heavy (non-hydrogen) atoms. The van der Waals surface area contributed by atoms with Gasteiger partial charge in [0.2, 0.25) is 0 Å².